The lowest BCUT2D eigenvalue weighted by molar-refractivity contribution is 0.152. The molecule has 0 aromatic rings. The molecule has 0 N–H and O–H groups in total. The molecule has 2 fully saturated rings. The molecule has 0 atom stereocenters. The summed E-state index contributed by atoms with van der Waals surface area (Å²) in [5.74, 6) is 4.00. The summed E-state index contributed by atoms with van der Waals surface area (Å²) < 4.78 is 5.09. The van der Waals surface area contributed by atoms with Crippen LogP contribution in [0, 0.1) is 23.7 Å². The first kappa shape index (κ1) is 16.1. The Kier molecular flexibility index (Phi) is 7.13. The second-order valence-corrected chi connectivity index (χ2v) is 7.13. The van der Waals surface area contributed by atoms with Crippen molar-refractivity contribution in [1.29, 1.82) is 0 Å². The molecule has 0 unspecified atom stereocenters. The van der Waals surface area contributed by atoms with E-state index >= 15 is 0 Å². The molecule has 0 amide bonds. The van der Waals surface area contributed by atoms with Gasteiger partial charge in [0.15, 0.2) is 0 Å². The lowest BCUT2D eigenvalue weighted by Crippen LogP contribution is -2.25. The van der Waals surface area contributed by atoms with Gasteiger partial charge in [-0.2, -0.15) is 0 Å². The minimum Gasteiger partial charge on any atom is -0.381 e. The van der Waals surface area contributed by atoms with Crippen LogP contribution in [0.15, 0.2) is 12.2 Å². The number of ether oxygens (including phenoxy) is 1. The van der Waals surface area contributed by atoms with Crippen LogP contribution in [0.2, 0.25) is 0 Å². The van der Waals surface area contributed by atoms with Crippen LogP contribution in [0.4, 0.5) is 0 Å². The van der Waals surface area contributed by atoms with E-state index in [4.69, 9.17) is 4.74 Å². The van der Waals surface area contributed by atoms with E-state index in [2.05, 4.69) is 19.1 Å². The van der Waals surface area contributed by atoms with Crippen LogP contribution >= 0.6 is 0 Å². The third-order valence-electron chi connectivity index (χ3n) is 5.74. The zero-order valence-corrected chi connectivity index (χ0v) is 13.7. The summed E-state index contributed by atoms with van der Waals surface area (Å²) >= 11 is 0. The van der Waals surface area contributed by atoms with Crippen LogP contribution < -0.4 is 0 Å². The predicted molar refractivity (Wildman–Crippen MR) is 86.8 cm³/mol. The average molecular weight is 278 g/mol. The van der Waals surface area contributed by atoms with E-state index in [-0.39, 0.29) is 0 Å². The van der Waals surface area contributed by atoms with E-state index in [0.717, 1.165) is 30.3 Å². The van der Waals surface area contributed by atoms with Gasteiger partial charge >= 0.3 is 0 Å². The summed E-state index contributed by atoms with van der Waals surface area (Å²) in [7, 11) is 1.77. The second kappa shape index (κ2) is 8.87. The van der Waals surface area contributed by atoms with Crippen LogP contribution in [0.25, 0.3) is 0 Å². The van der Waals surface area contributed by atoms with Gasteiger partial charge in [0.2, 0.25) is 0 Å². The van der Waals surface area contributed by atoms with Crippen molar-refractivity contribution in [2.24, 2.45) is 23.7 Å². The molecule has 0 radical (unpaired) electrons. The SMILES string of the molecule is CCC[C@H]1CC[C@H]([C@H]2CC[C@H](/C=C/COC)CC2)CC1. The normalized spacial score (nSPS) is 35.5. The van der Waals surface area contributed by atoms with Crippen molar-refractivity contribution in [2.45, 2.75) is 71.1 Å². The molecule has 0 aromatic heterocycles. The Balaban J connectivity index is 1.67. The van der Waals surface area contributed by atoms with Crippen molar-refractivity contribution >= 4 is 0 Å². The van der Waals surface area contributed by atoms with Crippen LogP contribution in [-0.2, 0) is 4.74 Å². The lowest BCUT2D eigenvalue weighted by Gasteiger charge is -2.37. The molecular weight excluding hydrogens is 244 g/mol. The molecule has 0 aromatic carbocycles. The van der Waals surface area contributed by atoms with E-state index < -0.39 is 0 Å². The molecule has 1 nitrogen and oxygen atoms in total. The predicted octanol–water partition coefficient (Wildman–Crippen LogP) is 5.60. The van der Waals surface area contributed by atoms with Crippen molar-refractivity contribution in [3.05, 3.63) is 12.2 Å². The minimum atomic E-state index is 0.779. The van der Waals surface area contributed by atoms with Crippen molar-refractivity contribution in [3.63, 3.8) is 0 Å². The van der Waals surface area contributed by atoms with Gasteiger partial charge in [0.05, 0.1) is 6.61 Å². The van der Waals surface area contributed by atoms with Gasteiger partial charge in [-0.05, 0) is 62.2 Å². The van der Waals surface area contributed by atoms with Gasteiger partial charge in [-0.25, -0.2) is 0 Å². The molecule has 0 heterocycles. The van der Waals surface area contributed by atoms with Crippen molar-refractivity contribution in [1.82, 2.24) is 0 Å². The topological polar surface area (TPSA) is 9.23 Å². The monoisotopic (exact) mass is 278 g/mol. The largest absolute Gasteiger partial charge is 0.381 e. The molecule has 116 valence electrons. The van der Waals surface area contributed by atoms with Crippen LogP contribution in [0.1, 0.15) is 71.1 Å². The molecular formula is C19H34O. The fourth-order valence-electron chi connectivity index (χ4n) is 4.51. The van der Waals surface area contributed by atoms with Crippen molar-refractivity contribution < 1.29 is 4.74 Å². The number of rotatable bonds is 6. The Morgan fingerprint density at radius 1 is 0.900 bits per heavy atom. The highest BCUT2D eigenvalue weighted by molar-refractivity contribution is 4.92. The number of hydrogen-bond acceptors (Lipinski definition) is 1. The van der Waals surface area contributed by atoms with Crippen molar-refractivity contribution in [3.8, 4) is 0 Å². The second-order valence-electron chi connectivity index (χ2n) is 7.13. The third kappa shape index (κ3) is 4.91. The van der Waals surface area contributed by atoms with Crippen LogP contribution in [0.3, 0.4) is 0 Å². The molecule has 0 aliphatic heterocycles. The molecule has 0 bridgehead atoms. The zero-order chi connectivity index (χ0) is 14.2. The molecule has 1 heteroatoms. The van der Waals surface area contributed by atoms with Gasteiger partial charge in [-0.15, -0.1) is 0 Å². The number of hydrogen-bond donors (Lipinski definition) is 0. The van der Waals surface area contributed by atoms with Gasteiger partial charge in [0.25, 0.3) is 0 Å². The van der Waals surface area contributed by atoms with Crippen LogP contribution in [-0.4, -0.2) is 13.7 Å². The van der Waals surface area contributed by atoms with Gasteiger partial charge in [0.1, 0.15) is 0 Å². The highest BCUT2D eigenvalue weighted by atomic mass is 16.5. The van der Waals surface area contributed by atoms with E-state index in [0.29, 0.717) is 0 Å². The van der Waals surface area contributed by atoms with Crippen LogP contribution in [0.5, 0.6) is 0 Å². The maximum atomic E-state index is 5.09. The summed E-state index contributed by atoms with van der Waals surface area (Å²) in [5, 5.41) is 0. The third-order valence-corrected chi connectivity index (χ3v) is 5.74. The Bertz CT molecular complexity index is 267. The van der Waals surface area contributed by atoms with E-state index in [1.54, 1.807) is 7.11 Å². The average Bonchev–Trinajstić information content (AvgIpc) is 2.49. The van der Waals surface area contributed by atoms with Gasteiger partial charge in [-0.3, -0.25) is 0 Å². The van der Waals surface area contributed by atoms with Gasteiger partial charge in [0, 0.05) is 7.11 Å². The number of methoxy groups -OCH3 is 1. The maximum absolute atomic E-state index is 5.09. The molecule has 2 aliphatic rings. The molecule has 0 saturated heterocycles. The van der Waals surface area contributed by atoms with E-state index in [9.17, 15) is 0 Å². The molecule has 2 aliphatic carbocycles. The summed E-state index contributed by atoms with van der Waals surface area (Å²) in [4.78, 5) is 0. The fraction of sp³-hybridized carbons (Fsp3) is 0.895. The summed E-state index contributed by atoms with van der Waals surface area (Å²) in [6.07, 6.45) is 19.4. The molecule has 2 rings (SSSR count). The fourth-order valence-corrected chi connectivity index (χ4v) is 4.51. The minimum absolute atomic E-state index is 0.779. The first-order valence-electron chi connectivity index (χ1n) is 8.99. The smallest absolute Gasteiger partial charge is 0.0643 e. The standard InChI is InChI=1S/C19H34O/c1-3-5-16-7-11-18(12-8-16)19-13-9-17(10-14-19)6-4-15-20-2/h4,6,16-19H,3,5,7-15H2,1-2H3/b6-4+/t16-,17-,18-,19-. The summed E-state index contributed by atoms with van der Waals surface area (Å²) in [6.45, 7) is 3.12. The summed E-state index contributed by atoms with van der Waals surface area (Å²) in [5.41, 5.74) is 0. The van der Waals surface area contributed by atoms with Crippen molar-refractivity contribution in [2.75, 3.05) is 13.7 Å². The highest BCUT2D eigenvalue weighted by Gasteiger charge is 2.29. The summed E-state index contributed by atoms with van der Waals surface area (Å²) in [6, 6.07) is 0. The lowest BCUT2D eigenvalue weighted by atomic mass is 9.69. The molecule has 0 spiro atoms. The first-order valence-corrected chi connectivity index (χ1v) is 8.99. The molecule has 2 saturated carbocycles. The zero-order valence-electron chi connectivity index (χ0n) is 13.7. The Morgan fingerprint density at radius 3 is 2.05 bits per heavy atom. The highest BCUT2D eigenvalue weighted by Crippen LogP contribution is 2.42. The Morgan fingerprint density at radius 2 is 1.50 bits per heavy atom. The van der Waals surface area contributed by atoms with Gasteiger partial charge < -0.3 is 4.74 Å². The van der Waals surface area contributed by atoms with E-state index in [1.165, 1.54) is 64.2 Å². The Labute approximate surface area is 126 Å². The number of allylic oxidation sites excluding steroid dienone is 1. The first-order chi connectivity index (χ1) is 9.83. The van der Waals surface area contributed by atoms with Gasteiger partial charge in [-0.1, -0.05) is 44.8 Å². The molecule has 20 heavy (non-hydrogen) atoms. The van der Waals surface area contributed by atoms with E-state index in [1.807, 2.05) is 0 Å². The quantitative estimate of drug-likeness (QED) is 0.574. The maximum Gasteiger partial charge on any atom is 0.0643 e. The Hall–Kier alpha value is -0.300.